The van der Waals surface area contributed by atoms with Crippen LogP contribution < -0.4 is 10.6 Å². The lowest BCUT2D eigenvalue weighted by Gasteiger charge is -2.40. The van der Waals surface area contributed by atoms with Crippen LogP contribution in [0, 0.1) is 0 Å². The monoisotopic (exact) mass is 580 g/mol. The number of hydrogen-bond acceptors (Lipinski definition) is 9. The SMILES string of the molecule is Nc1cc(C(=O)OCc2ccccc2)cnc1N1CCN(C(=O)OCc2ccccc2)CC1C(=O)OCc1ccccc1. The van der Waals surface area contributed by atoms with Crippen LogP contribution in [0.3, 0.4) is 0 Å². The number of carbonyl (C=O) groups is 3. The Morgan fingerprint density at radius 2 is 1.28 bits per heavy atom. The Morgan fingerprint density at radius 3 is 1.84 bits per heavy atom. The van der Waals surface area contributed by atoms with Gasteiger partial charge in [-0.25, -0.2) is 19.4 Å². The van der Waals surface area contributed by atoms with Gasteiger partial charge in [0, 0.05) is 19.3 Å². The van der Waals surface area contributed by atoms with Crippen molar-refractivity contribution in [1.29, 1.82) is 0 Å². The van der Waals surface area contributed by atoms with Crippen molar-refractivity contribution in [1.82, 2.24) is 9.88 Å². The van der Waals surface area contributed by atoms with Crippen molar-refractivity contribution >= 4 is 29.5 Å². The van der Waals surface area contributed by atoms with E-state index in [0.29, 0.717) is 5.82 Å². The molecule has 0 bridgehead atoms. The van der Waals surface area contributed by atoms with Crippen molar-refractivity contribution in [2.24, 2.45) is 0 Å². The molecule has 43 heavy (non-hydrogen) atoms. The molecule has 10 heteroatoms. The minimum Gasteiger partial charge on any atom is -0.459 e. The number of nitrogens with two attached hydrogens (primary N) is 1. The van der Waals surface area contributed by atoms with Crippen LogP contribution in [0.25, 0.3) is 0 Å². The smallest absolute Gasteiger partial charge is 0.410 e. The molecule has 1 aliphatic rings. The first-order valence-corrected chi connectivity index (χ1v) is 13.9. The molecule has 2 N–H and O–H groups in total. The predicted molar refractivity (Wildman–Crippen MR) is 160 cm³/mol. The van der Waals surface area contributed by atoms with E-state index in [-0.39, 0.29) is 50.7 Å². The molecule has 5 rings (SSSR count). The maximum absolute atomic E-state index is 13.4. The number of nitrogen functional groups attached to an aromatic ring is 1. The lowest BCUT2D eigenvalue weighted by Crippen LogP contribution is -2.58. The first-order valence-electron chi connectivity index (χ1n) is 13.9. The van der Waals surface area contributed by atoms with Crippen LogP contribution in [0.5, 0.6) is 0 Å². The van der Waals surface area contributed by atoms with E-state index in [9.17, 15) is 14.4 Å². The molecule has 1 saturated heterocycles. The minimum absolute atomic E-state index is 0.00321. The zero-order valence-corrected chi connectivity index (χ0v) is 23.5. The van der Waals surface area contributed by atoms with Gasteiger partial charge in [0.25, 0.3) is 0 Å². The summed E-state index contributed by atoms with van der Waals surface area (Å²) in [5, 5.41) is 0. The van der Waals surface area contributed by atoms with Gasteiger partial charge in [-0.15, -0.1) is 0 Å². The fourth-order valence-corrected chi connectivity index (χ4v) is 4.67. The number of carbonyl (C=O) groups excluding carboxylic acids is 3. The van der Waals surface area contributed by atoms with Crippen LogP contribution in [-0.4, -0.2) is 53.6 Å². The molecule has 1 atom stereocenters. The largest absolute Gasteiger partial charge is 0.459 e. The standard InChI is InChI=1S/C33H32N4O6/c34-28-18-27(31(38)41-21-24-10-4-1-5-11-24)19-35-30(28)37-17-16-36(33(40)43-23-26-14-8-3-9-15-26)20-29(37)32(39)42-22-25-12-6-2-7-13-25/h1-15,18-19,29H,16-17,20-23,34H2. The number of aromatic nitrogens is 1. The van der Waals surface area contributed by atoms with Gasteiger partial charge < -0.3 is 29.7 Å². The number of esters is 2. The summed E-state index contributed by atoms with van der Waals surface area (Å²) in [7, 11) is 0. The van der Waals surface area contributed by atoms with Crippen molar-refractivity contribution in [3.8, 4) is 0 Å². The first-order chi connectivity index (χ1) is 21.0. The second-order valence-corrected chi connectivity index (χ2v) is 9.99. The van der Waals surface area contributed by atoms with Gasteiger partial charge in [-0.1, -0.05) is 91.0 Å². The summed E-state index contributed by atoms with van der Waals surface area (Å²) in [6, 6.07) is 28.5. The zero-order valence-electron chi connectivity index (χ0n) is 23.5. The molecule has 1 fully saturated rings. The number of amides is 1. The number of anilines is 2. The molecule has 0 radical (unpaired) electrons. The maximum atomic E-state index is 13.4. The number of hydrogen-bond donors (Lipinski definition) is 1. The number of pyridine rings is 1. The Kier molecular flexibility index (Phi) is 9.48. The van der Waals surface area contributed by atoms with Gasteiger partial charge >= 0.3 is 18.0 Å². The Hall–Kier alpha value is -5.38. The van der Waals surface area contributed by atoms with E-state index < -0.39 is 24.1 Å². The number of rotatable bonds is 9. The molecule has 1 amide bonds. The average molecular weight is 581 g/mol. The Balaban J connectivity index is 1.29. The molecule has 4 aromatic rings. The van der Waals surface area contributed by atoms with E-state index in [1.165, 1.54) is 17.2 Å². The quantitative estimate of drug-likeness (QED) is 0.224. The molecular formula is C33H32N4O6. The molecular weight excluding hydrogens is 548 g/mol. The summed E-state index contributed by atoms with van der Waals surface area (Å²) in [4.78, 5) is 46.6. The number of piperazine rings is 1. The maximum Gasteiger partial charge on any atom is 0.410 e. The van der Waals surface area contributed by atoms with Crippen molar-refractivity contribution in [2.45, 2.75) is 25.9 Å². The molecule has 2 heterocycles. The fraction of sp³-hybridized carbons (Fsp3) is 0.212. The molecule has 1 unspecified atom stereocenters. The van der Waals surface area contributed by atoms with Crippen LogP contribution >= 0.6 is 0 Å². The number of nitrogens with zero attached hydrogens (tertiary/aromatic N) is 3. The highest BCUT2D eigenvalue weighted by Crippen LogP contribution is 2.27. The van der Waals surface area contributed by atoms with Gasteiger partial charge in [0.05, 0.1) is 17.8 Å². The van der Waals surface area contributed by atoms with E-state index >= 15 is 0 Å². The van der Waals surface area contributed by atoms with Gasteiger partial charge in [0.15, 0.2) is 5.82 Å². The summed E-state index contributed by atoms with van der Waals surface area (Å²) >= 11 is 0. The van der Waals surface area contributed by atoms with Crippen molar-refractivity contribution in [3.05, 3.63) is 126 Å². The second kappa shape index (κ2) is 14.0. The second-order valence-electron chi connectivity index (χ2n) is 9.99. The average Bonchev–Trinajstić information content (AvgIpc) is 3.06. The molecule has 10 nitrogen and oxygen atoms in total. The minimum atomic E-state index is -0.910. The third-order valence-corrected chi connectivity index (χ3v) is 6.96. The van der Waals surface area contributed by atoms with Crippen molar-refractivity contribution in [3.63, 3.8) is 0 Å². The van der Waals surface area contributed by atoms with Crippen LogP contribution in [0.2, 0.25) is 0 Å². The summed E-state index contributed by atoms with van der Waals surface area (Å²) in [6.45, 7) is 0.789. The topological polar surface area (TPSA) is 124 Å². The normalized spacial score (nSPS) is 14.6. The third-order valence-electron chi connectivity index (χ3n) is 6.96. The molecule has 220 valence electrons. The van der Waals surface area contributed by atoms with Crippen LogP contribution in [0.15, 0.2) is 103 Å². The van der Waals surface area contributed by atoms with Gasteiger partial charge in [-0.3, -0.25) is 0 Å². The van der Waals surface area contributed by atoms with Gasteiger partial charge in [0.1, 0.15) is 25.9 Å². The van der Waals surface area contributed by atoms with E-state index in [2.05, 4.69) is 4.98 Å². The van der Waals surface area contributed by atoms with E-state index in [1.54, 1.807) is 4.90 Å². The summed E-state index contributed by atoms with van der Waals surface area (Å²) in [5.41, 5.74) is 9.27. The first kappa shape index (κ1) is 29.1. The van der Waals surface area contributed by atoms with Gasteiger partial charge in [0.2, 0.25) is 0 Å². The number of ether oxygens (including phenoxy) is 3. The van der Waals surface area contributed by atoms with Crippen LogP contribution in [-0.2, 0) is 38.8 Å². The molecule has 0 saturated carbocycles. The van der Waals surface area contributed by atoms with Crippen LogP contribution in [0.1, 0.15) is 27.0 Å². The van der Waals surface area contributed by atoms with E-state index in [1.807, 2.05) is 91.0 Å². The van der Waals surface area contributed by atoms with Crippen LogP contribution in [0.4, 0.5) is 16.3 Å². The Bertz CT molecular complexity index is 1540. The summed E-state index contributed by atoms with van der Waals surface area (Å²) in [5.74, 6) is -0.810. The number of benzene rings is 3. The fourth-order valence-electron chi connectivity index (χ4n) is 4.67. The zero-order chi connectivity index (χ0) is 30.0. The lowest BCUT2D eigenvalue weighted by atomic mass is 10.1. The van der Waals surface area contributed by atoms with Crippen molar-refractivity contribution < 1.29 is 28.6 Å². The predicted octanol–water partition coefficient (Wildman–Crippen LogP) is 4.59. The molecule has 1 aromatic heterocycles. The molecule has 1 aliphatic heterocycles. The highest BCUT2D eigenvalue weighted by atomic mass is 16.6. The highest BCUT2D eigenvalue weighted by molar-refractivity contribution is 5.91. The highest BCUT2D eigenvalue weighted by Gasteiger charge is 2.37. The van der Waals surface area contributed by atoms with Gasteiger partial charge in [-0.05, 0) is 22.8 Å². The van der Waals surface area contributed by atoms with E-state index in [0.717, 1.165) is 16.7 Å². The molecule has 0 spiro atoms. The van der Waals surface area contributed by atoms with Gasteiger partial charge in [-0.2, -0.15) is 0 Å². The van der Waals surface area contributed by atoms with E-state index in [4.69, 9.17) is 19.9 Å². The molecule has 3 aromatic carbocycles. The Morgan fingerprint density at radius 1 is 0.744 bits per heavy atom. The summed E-state index contributed by atoms with van der Waals surface area (Å²) < 4.78 is 16.6. The third kappa shape index (κ3) is 7.68. The lowest BCUT2D eigenvalue weighted by molar-refractivity contribution is -0.147. The molecule has 0 aliphatic carbocycles. The summed E-state index contributed by atoms with van der Waals surface area (Å²) in [6.07, 6.45) is 0.827. The van der Waals surface area contributed by atoms with Crippen molar-refractivity contribution in [2.75, 3.05) is 30.3 Å². The Labute approximate surface area is 249 Å².